The van der Waals surface area contributed by atoms with Crippen molar-refractivity contribution in [2.75, 3.05) is 4.90 Å². The van der Waals surface area contributed by atoms with Crippen molar-refractivity contribution in [3.05, 3.63) is 163 Å². The molecule has 3 nitrogen and oxygen atoms in total. The van der Waals surface area contributed by atoms with Gasteiger partial charge in [-0.05, 0) is 94.1 Å². The summed E-state index contributed by atoms with van der Waals surface area (Å²) in [6.45, 7) is 4.69. The molecule has 1 aromatic heterocycles. The maximum Gasteiger partial charge on any atom is 0.128 e. The second-order valence-electron chi connectivity index (χ2n) is 13.2. The van der Waals surface area contributed by atoms with E-state index in [0.29, 0.717) is 0 Å². The van der Waals surface area contributed by atoms with Crippen LogP contribution in [0.2, 0.25) is 0 Å². The zero-order valence-electron chi connectivity index (χ0n) is 26.6. The van der Waals surface area contributed by atoms with E-state index >= 15 is 0 Å². The van der Waals surface area contributed by atoms with E-state index in [-0.39, 0.29) is 11.6 Å². The van der Waals surface area contributed by atoms with Crippen LogP contribution in [0.25, 0.3) is 49.7 Å². The van der Waals surface area contributed by atoms with Crippen molar-refractivity contribution < 1.29 is 0 Å². The Bertz CT molecular complexity index is 2360. The molecule has 2 aliphatic rings. The lowest BCUT2D eigenvalue weighted by Gasteiger charge is -2.33. The van der Waals surface area contributed by atoms with Crippen LogP contribution in [0.4, 0.5) is 11.4 Å². The Morgan fingerprint density at radius 2 is 1.32 bits per heavy atom. The van der Waals surface area contributed by atoms with Crippen LogP contribution in [0.1, 0.15) is 31.4 Å². The second-order valence-corrected chi connectivity index (χ2v) is 13.2. The molecule has 1 aliphatic heterocycles. The standard InChI is InChI=1S/C44H35N3/c1-44(2)39-16-8-6-14-35(39)36-25-24-34(29-40(36)44)46(43-18-10-11-27-45-43)33-22-19-30(20-23-33)31-21-26-42-38(28-31)37-15-7-9-17-41(37)47(42)32-12-4-3-5-13-32/h3-17,19-29,43H,18H2,1-2H3. The Kier molecular flexibility index (Phi) is 6.29. The molecule has 0 amide bonds. The van der Waals surface area contributed by atoms with Crippen molar-refractivity contribution in [2.24, 2.45) is 4.99 Å². The van der Waals surface area contributed by atoms with Gasteiger partial charge in [0.15, 0.2) is 0 Å². The van der Waals surface area contributed by atoms with Crippen LogP contribution in [0.5, 0.6) is 0 Å². The summed E-state index contributed by atoms with van der Waals surface area (Å²) in [7, 11) is 0. The highest BCUT2D eigenvalue weighted by Crippen LogP contribution is 2.50. The summed E-state index contributed by atoms with van der Waals surface area (Å²) in [4.78, 5) is 7.34. The summed E-state index contributed by atoms with van der Waals surface area (Å²) in [5.74, 6) is 0. The van der Waals surface area contributed by atoms with Gasteiger partial charge in [-0.25, -0.2) is 0 Å². The number of nitrogens with zero attached hydrogens (tertiary/aromatic N) is 3. The molecule has 226 valence electrons. The van der Waals surface area contributed by atoms with Gasteiger partial charge in [-0.3, -0.25) is 4.99 Å². The maximum atomic E-state index is 4.93. The van der Waals surface area contributed by atoms with Crippen LogP contribution < -0.4 is 4.90 Å². The molecule has 2 heterocycles. The molecule has 3 heteroatoms. The molecule has 9 rings (SSSR count). The quantitative estimate of drug-likeness (QED) is 0.191. The summed E-state index contributed by atoms with van der Waals surface area (Å²) in [6, 6.07) is 51.1. The molecule has 1 unspecified atom stereocenters. The zero-order chi connectivity index (χ0) is 31.5. The molecule has 1 atom stereocenters. The first-order valence-corrected chi connectivity index (χ1v) is 16.5. The molecule has 0 bridgehead atoms. The molecule has 0 spiro atoms. The lowest BCUT2D eigenvalue weighted by atomic mass is 9.82. The molecule has 0 saturated heterocycles. The van der Waals surface area contributed by atoms with Gasteiger partial charge in [0.25, 0.3) is 0 Å². The Hall–Kier alpha value is -5.67. The first-order valence-electron chi connectivity index (χ1n) is 16.5. The number of fused-ring (bicyclic) bond motifs is 6. The third-order valence-corrected chi connectivity index (χ3v) is 10.1. The number of aromatic nitrogens is 1. The Morgan fingerprint density at radius 3 is 2.15 bits per heavy atom. The fourth-order valence-electron chi connectivity index (χ4n) is 7.80. The fourth-order valence-corrected chi connectivity index (χ4v) is 7.80. The van der Waals surface area contributed by atoms with Crippen molar-refractivity contribution in [3.8, 4) is 27.9 Å². The van der Waals surface area contributed by atoms with Gasteiger partial charge in [0.2, 0.25) is 0 Å². The van der Waals surface area contributed by atoms with E-state index in [4.69, 9.17) is 4.99 Å². The van der Waals surface area contributed by atoms with Crippen molar-refractivity contribution in [2.45, 2.75) is 31.8 Å². The summed E-state index contributed by atoms with van der Waals surface area (Å²) in [6.07, 6.45) is 7.06. The monoisotopic (exact) mass is 605 g/mol. The van der Waals surface area contributed by atoms with E-state index in [1.807, 2.05) is 12.3 Å². The van der Waals surface area contributed by atoms with Crippen LogP contribution in [-0.2, 0) is 5.41 Å². The highest BCUT2D eigenvalue weighted by atomic mass is 15.2. The van der Waals surface area contributed by atoms with Gasteiger partial charge in [0.1, 0.15) is 6.17 Å². The number of benzene rings is 6. The first-order chi connectivity index (χ1) is 23.1. The minimum atomic E-state index is -0.0600. The SMILES string of the molecule is CC1(C)c2ccccc2-c2ccc(N(c3ccc(-c4ccc5c(c4)c4ccccc4n5-c4ccccc4)cc3)C3CC=CC=N3)cc21. The van der Waals surface area contributed by atoms with Gasteiger partial charge in [-0.1, -0.05) is 105 Å². The molecule has 0 saturated carbocycles. The van der Waals surface area contributed by atoms with Crippen LogP contribution in [-0.4, -0.2) is 16.9 Å². The van der Waals surface area contributed by atoms with E-state index in [0.717, 1.165) is 12.1 Å². The van der Waals surface area contributed by atoms with E-state index in [2.05, 4.69) is 169 Å². The Balaban J connectivity index is 1.12. The minimum Gasteiger partial charge on any atom is -0.319 e. The third kappa shape index (κ3) is 4.38. The number of allylic oxidation sites excluding steroid dienone is 1. The van der Waals surface area contributed by atoms with Crippen LogP contribution in [0.15, 0.2) is 157 Å². The van der Waals surface area contributed by atoms with Crippen molar-refractivity contribution in [3.63, 3.8) is 0 Å². The molecule has 0 fully saturated rings. The van der Waals surface area contributed by atoms with Crippen molar-refractivity contribution in [1.82, 2.24) is 4.57 Å². The summed E-state index contributed by atoms with van der Waals surface area (Å²) >= 11 is 0. The number of rotatable bonds is 5. The smallest absolute Gasteiger partial charge is 0.128 e. The number of anilines is 2. The first kappa shape index (κ1) is 27.6. The molecule has 47 heavy (non-hydrogen) atoms. The molecule has 1 aliphatic carbocycles. The maximum absolute atomic E-state index is 4.93. The lowest BCUT2D eigenvalue weighted by molar-refractivity contribution is 0.657. The number of hydrogen-bond donors (Lipinski definition) is 0. The fraction of sp³-hybridized carbons (Fsp3) is 0.114. The van der Waals surface area contributed by atoms with E-state index in [1.54, 1.807) is 0 Å². The molecule has 0 radical (unpaired) electrons. The van der Waals surface area contributed by atoms with Gasteiger partial charge in [-0.15, -0.1) is 0 Å². The van der Waals surface area contributed by atoms with E-state index in [1.165, 1.54) is 66.6 Å². The van der Waals surface area contributed by atoms with Gasteiger partial charge >= 0.3 is 0 Å². The highest BCUT2D eigenvalue weighted by Gasteiger charge is 2.36. The lowest BCUT2D eigenvalue weighted by Crippen LogP contribution is -2.30. The number of aliphatic imine (C=N–C) groups is 1. The molecule has 6 aromatic carbocycles. The third-order valence-electron chi connectivity index (χ3n) is 10.1. The van der Waals surface area contributed by atoms with E-state index in [9.17, 15) is 0 Å². The Labute approximate surface area is 275 Å². The average Bonchev–Trinajstić information content (AvgIpc) is 3.58. The van der Waals surface area contributed by atoms with E-state index < -0.39 is 0 Å². The highest BCUT2D eigenvalue weighted by molar-refractivity contribution is 6.10. The van der Waals surface area contributed by atoms with Crippen molar-refractivity contribution in [1.29, 1.82) is 0 Å². The van der Waals surface area contributed by atoms with Gasteiger partial charge in [0.05, 0.1) is 11.0 Å². The molecular formula is C44H35N3. The average molecular weight is 606 g/mol. The van der Waals surface area contributed by atoms with Crippen LogP contribution in [0.3, 0.4) is 0 Å². The molecular weight excluding hydrogens is 571 g/mol. The van der Waals surface area contributed by atoms with Crippen LogP contribution in [0, 0.1) is 0 Å². The molecule has 7 aromatic rings. The molecule has 0 N–H and O–H groups in total. The summed E-state index contributed by atoms with van der Waals surface area (Å²) in [5.41, 5.74) is 13.7. The largest absolute Gasteiger partial charge is 0.319 e. The minimum absolute atomic E-state index is 0.00347. The predicted molar refractivity (Wildman–Crippen MR) is 198 cm³/mol. The van der Waals surface area contributed by atoms with Gasteiger partial charge in [0, 0.05) is 45.9 Å². The van der Waals surface area contributed by atoms with Crippen LogP contribution >= 0.6 is 0 Å². The second kappa shape index (κ2) is 10.7. The zero-order valence-corrected chi connectivity index (χ0v) is 26.6. The predicted octanol–water partition coefficient (Wildman–Crippen LogP) is 11.3. The summed E-state index contributed by atoms with van der Waals surface area (Å²) < 4.78 is 2.37. The number of hydrogen-bond acceptors (Lipinski definition) is 2. The number of dihydropyridines is 1. The van der Waals surface area contributed by atoms with Gasteiger partial charge < -0.3 is 9.47 Å². The topological polar surface area (TPSA) is 20.5 Å². The summed E-state index contributed by atoms with van der Waals surface area (Å²) in [5, 5.41) is 2.53. The normalized spacial score (nSPS) is 16.0. The number of para-hydroxylation sites is 2. The van der Waals surface area contributed by atoms with Crippen molar-refractivity contribution >= 4 is 39.4 Å². The van der Waals surface area contributed by atoms with Gasteiger partial charge in [-0.2, -0.15) is 0 Å². The Morgan fingerprint density at radius 1 is 0.617 bits per heavy atom.